The van der Waals surface area contributed by atoms with Crippen molar-refractivity contribution in [2.24, 2.45) is 11.5 Å². The number of carbonyl (C=O) groups excluding carboxylic acids is 1. The van der Waals surface area contributed by atoms with Gasteiger partial charge in [0.15, 0.2) is 0 Å². The average Bonchev–Trinajstić information content (AvgIpc) is 2.38. The SMILES string of the molecule is CC1CN(CC(N)(C(N)=O)c2ccccc2)CC(C)O1. The molecule has 1 heterocycles. The fourth-order valence-electron chi connectivity index (χ4n) is 2.81. The number of rotatable bonds is 4. The van der Waals surface area contributed by atoms with Crippen molar-refractivity contribution >= 4 is 5.91 Å². The molecular weight excluding hydrogens is 254 g/mol. The zero-order valence-corrected chi connectivity index (χ0v) is 12.1. The van der Waals surface area contributed by atoms with Gasteiger partial charge in [0.05, 0.1) is 12.2 Å². The molecule has 3 atom stereocenters. The molecule has 2 rings (SSSR count). The number of amides is 1. The van der Waals surface area contributed by atoms with Crippen LogP contribution in [0.25, 0.3) is 0 Å². The fraction of sp³-hybridized carbons (Fsp3) is 0.533. The zero-order valence-electron chi connectivity index (χ0n) is 12.1. The summed E-state index contributed by atoms with van der Waals surface area (Å²) in [5.74, 6) is -0.504. The van der Waals surface area contributed by atoms with E-state index in [1.165, 1.54) is 0 Å². The number of carbonyl (C=O) groups is 1. The third-order valence-electron chi connectivity index (χ3n) is 3.70. The third-order valence-corrected chi connectivity index (χ3v) is 3.70. The molecule has 1 aromatic carbocycles. The number of ether oxygens (including phenoxy) is 1. The maximum atomic E-state index is 11.9. The highest BCUT2D eigenvalue weighted by atomic mass is 16.5. The lowest BCUT2D eigenvalue weighted by Crippen LogP contribution is -2.59. The molecule has 0 aromatic heterocycles. The summed E-state index contributed by atoms with van der Waals surface area (Å²) in [4.78, 5) is 14.0. The van der Waals surface area contributed by atoms with E-state index in [4.69, 9.17) is 16.2 Å². The molecule has 1 aliphatic heterocycles. The Kier molecular flexibility index (Phi) is 4.42. The second-order valence-corrected chi connectivity index (χ2v) is 5.65. The van der Waals surface area contributed by atoms with E-state index in [2.05, 4.69) is 4.90 Å². The molecule has 20 heavy (non-hydrogen) atoms. The van der Waals surface area contributed by atoms with E-state index < -0.39 is 11.4 Å². The van der Waals surface area contributed by atoms with Crippen molar-refractivity contribution in [3.8, 4) is 0 Å². The van der Waals surface area contributed by atoms with Gasteiger partial charge < -0.3 is 16.2 Å². The maximum Gasteiger partial charge on any atom is 0.243 e. The standard InChI is InChI=1S/C15H23N3O2/c1-11-8-18(9-12(2)20-11)10-15(17,14(16)19)13-6-4-3-5-7-13/h3-7,11-12H,8-10,17H2,1-2H3,(H2,16,19). The van der Waals surface area contributed by atoms with E-state index in [9.17, 15) is 4.79 Å². The first-order chi connectivity index (χ1) is 9.41. The van der Waals surface area contributed by atoms with Crippen molar-refractivity contribution in [1.29, 1.82) is 0 Å². The van der Waals surface area contributed by atoms with E-state index in [0.717, 1.165) is 18.7 Å². The van der Waals surface area contributed by atoms with Crippen LogP contribution in [0.1, 0.15) is 19.4 Å². The molecule has 110 valence electrons. The Hall–Kier alpha value is -1.43. The summed E-state index contributed by atoms with van der Waals surface area (Å²) in [6.07, 6.45) is 0.262. The molecule has 1 aliphatic rings. The Balaban J connectivity index is 2.20. The van der Waals surface area contributed by atoms with Crippen LogP contribution in [0.4, 0.5) is 0 Å². The van der Waals surface area contributed by atoms with E-state index >= 15 is 0 Å². The van der Waals surface area contributed by atoms with Crippen LogP contribution in [0.3, 0.4) is 0 Å². The predicted octanol–water partition coefficient (Wildman–Crippen LogP) is 0.435. The monoisotopic (exact) mass is 277 g/mol. The molecule has 1 saturated heterocycles. The van der Waals surface area contributed by atoms with Gasteiger partial charge in [0.2, 0.25) is 5.91 Å². The molecule has 1 amide bonds. The van der Waals surface area contributed by atoms with Crippen molar-refractivity contribution in [2.75, 3.05) is 19.6 Å². The summed E-state index contributed by atoms with van der Waals surface area (Å²) in [7, 11) is 0. The molecule has 0 bridgehead atoms. The highest BCUT2D eigenvalue weighted by Crippen LogP contribution is 2.21. The topological polar surface area (TPSA) is 81.6 Å². The normalized spacial score (nSPS) is 26.9. The molecule has 4 N–H and O–H groups in total. The van der Waals surface area contributed by atoms with E-state index in [-0.39, 0.29) is 12.2 Å². The number of morpholine rings is 1. The largest absolute Gasteiger partial charge is 0.373 e. The smallest absolute Gasteiger partial charge is 0.243 e. The summed E-state index contributed by atoms with van der Waals surface area (Å²) in [5, 5.41) is 0. The van der Waals surface area contributed by atoms with Gasteiger partial charge in [0.1, 0.15) is 5.54 Å². The van der Waals surface area contributed by atoms with E-state index in [0.29, 0.717) is 6.54 Å². The van der Waals surface area contributed by atoms with Crippen molar-refractivity contribution in [3.63, 3.8) is 0 Å². The van der Waals surface area contributed by atoms with Gasteiger partial charge in [-0.05, 0) is 19.4 Å². The van der Waals surface area contributed by atoms with Gasteiger partial charge in [-0.3, -0.25) is 9.69 Å². The summed E-state index contributed by atoms with van der Waals surface area (Å²) >= 11 is 0. The minimum atomic E-state index is -1.17. The zero-order chi connectivity index (χ0) is 14.8. The van der Waals surface area contributed by atoms with Gasteiger partial charge in [-0.15, -0.1) is 0 Å². The van der Waals surface area contributed by atoms with Crippen molar-refractivity contribution in [2.45, 2.75) is 31.6 Å². The number of hydrogen-bond acceptors (Lipinski definition) is 4. The third kappa shape index (κ3) is 3.17. The number of primary amides is 1. The van der Waals surface area contributed by atoms with Crippen LogP contribution in [0, 0.1) is 0 Å². The number of benzene rings is 1. The van der Waals surface area contributed by atoms with Crippen LogP contribution < -0.4 is 11.5 Å². The second-order valence-electron chi connectivity index (χ2n) is 5.65. The minimum absolute atomic E-state index is 0.131. The van der Waals surface area contributed by atoms with Crippen molar-refractivity contribution < 1.29 is 9.53 Å². The van der Waals surface area contributed by atoms with Crippen LogP contribution in [-0.4, -0.2) is 42.6 Å². The lowest BCUT2D eigenvalue weighted by molar-refractivity contribution is -0.126. The quantitative estimate of drug-likeness (QED) is 0.836. The highest BCUT2D eigenvalue weighted by molar-refractivity contribution is 5.86. The lowest BCUT2D eigenvalue weighted by atomic mass is 9.89. The molecule has 0 aliphatic carbocycles. The molecule has 1 aromatic rings. The Morgan fingerprint density at radius 3 is 2.35 bits per heavy atom. The molecule has 0 spiro atoms. The summed E-state index contributed by atoms with van der Waals surface area (Å²) in [5.41, 5.74) is 11.5. The maximum absolute atomic E-state index is 11.9. The lowest BCUT2D eigenvalue weighted by Gasteiger charge is -2.39. The van der Waals surface area contributed by atoms with E-state index in [1.807, 2.05) is 44.2 Å². The fourth-order valence-corrected chi connectivity index (χ4v) is 2.81. The number of nitrogens with zero attached hydrogens (tertiary/aromatic N) is 1. The Morgan fingerprint density at radius 1 is 1.30 bits per heavy atom. The van der Waals surface area contributed by atoms with Crippen molar-refractivity contribution in [1.82, 2.24) is 4.90 Å². The first-order valence-electron chi connectivity index (χ1n) is 6.94. The first-order valence-corrected chi connectivity index (χ1v) is 6.94. The molecule has 3 unspecified atom stereocenters. The average molecular weight is 277 g/mol. The van der Waals surface area contributed by atoms with Gasteiger partial charge in [-0.2, -0.15) is 0 Å². The Labute approximate surface area is 119 Å². The molecule has 0 radical (unpaired) electrons. The van der Waals surface area contributed by atoms with Crippen molar-refractivity contribution in [3.05, 3.63) is 35.9 Å². The second kappa shape index (κ2) is 5.91. The van der Waals surface area contributed by atoms with Crippen LogP contribution in [0.15, 0.2) is 30.3 Å². The Bertz CT molecular complexity index is 455. The molecule has 5 nitrogen and oxygen atoms in total. The molecular formula is C15H23N3O2. The van der Waals surface area contributed by atoms with Crippen LogP contribution in [0.2, 0.25) is 0 Å². The van der Waals surface area contributed by atoms with E-state index in [1.54, 1.807) is 0 Å². The first kappa shape index (κ1) is 15.0. The van der Waals surface area contributed by atoms with Gasteiger partial charge in [-0.25, -0.2) is 0 Å². The van der Waals surface area contributed by atoms with Gasteiger partial charge >= 0.3 is 0 Å². The van der Waals surface area contributed by atoms with Crippen LogP contribution in [-0.2, 0) is 15.1 Å². The van der Waals surface area contributed by atoms with Crippen LogP contribution >= 0.6 is 0 Å². The summed E-state index contributed by atoms with van der Waals surface area (Å²) in [6.45, 7) is 5.96. The molecule has 1 fully saturated rings. The predicted molar refractivity (Wildman–Crippen MR) is 78.0 cm³/mol. The van der Waals surface area contributed by atoms with Crippen LogP contribution in [0.5, 0.6) is 0 Å². The summed E-state index contributed by atoms with van der Waals surface area (Å²) < 4.78 is 5.70. The number of nitrogens with two attached hydrogens (primary N) is 2. The minimum Gasteiger partial charge on any atom is -0.373 e. The summed E-state index contributed by atoms with van der Waals surface area (Å²) in [6, 6.07) is 9.31. The molecule has 5 heteroatoms. The molecule has 0 saturated carbocycles. The number of hydrogen-bond donors (Lipinski definition) is 2. The van der Waals surface area contributed by atoms with Gasteiger partial charge in [-0.1, -0.05) is 30.3 Å². The van der Waals surface area contributed by atoms with Gasteiger partial charge in [0, 0.05) is 19.6 Å². The van der Waals surface area contributed by atoms with Gasteiger partial charge in [0.25, 0.3) is 0 Å². The highest BCUT2D eigenvalue weighted by Gasteiger charge is 2.37. The Morgan fingerprint density at radius 2 is 1.85 bits per heavy atom.